The van der Waals surface area contributed by atoms with Crippen LogP contribution in [0.15, 0.2) is 34.3 Å². The van der Waals surface area contributed by atoms with Gasteiger partial charge in [-0.15, -0.1) is 13.2 Å². The molecule has 126 valence electrons. The summed E-state index contributed by atoms with van der Waals surface area (Å²) in [4.78, 5) is 10.5. The van der Waals surface area contributed by atoms with Gasteiger partial charge in [0, 0.05) is 6.04 Å². The fourth-order valence-corrected chi connectivity index (χ4v) is 1.99. The van der Waals surface area contributed by atoms with E-state index in [2.05, 4.69) is 20.0 Å². The number of nitrogens with one attached hydrogen (secondary N) is 1. The van der Waals surface area contributed by atoms with Gasteiger partial charge in [-0.25, -0.2) is 9.98 Å². The minimum Gasteiger partial charge on any atom is -0.406 e. The molecule has 0 amide bonds. The van der Waals surface area contributed by atoms with Gasteiger partial charge in [0.15, 0.2) is 0 Å². The smallest absolute Gasteiger partial charge is 0.406 e. The Kier molecular flexibility index (Phi) is 5.12. The van der Waals surface area contributed by atoms with Gasteiger partial charge >= 0.3 is 6.36 Å². The molecule has 2 rings (SSSR count). The molecule has 8 heteroatoms. The summed E-state index contributed by atoms with van der Waals surface area (Å²) in [5, 5.41) is 3.07. The number of halogens is 3. The van der Waals surface area contributed by atoms with E-state index in [9.17, 15) is 13.2 Å². The summed E-state index contributed by atoms with van der Waals surface area (Å²) in [7, 11) is 0. The summed E-state index contributed by atoms with van der Waals surface area (Å²) < 4.78 is 40.7. The highest BCUT2D eigenvalue weighted by Crippen LogP contribution is 2.25. The Morgan fingerprint density at radius 3 is 2.57 bits per heavy atom. The highest BCUT2D eigenvalue weighted by molar-refractivity contribution is 5.89. The van der Waals surface area contributed by atoms with Crippen LogP contribution in [0, 0.1) is 0 Å². The highest BCUT2D eigenvalue weighted by Gasteiger charge is 2.31. The van der Waals surface area contributed by atoms with Gasteiger partial charge in [0.1, 0.15) is 12.4 Å². The number of rotatable bonds is 4. The molecule has 1 N–H and O–H groups in total. The summed E-state index contributed by atoms with van der Waals surface area (Å²) in [5.41, 5.74) is 0.649. The van der Waals surface area contributed by atoms with E-state index in [0.717, 1.165) is 0 Å². The number of alkyl halides is 3. The lowest BCUT2D eigenvalue weighted by atomic mass is 10.1. The quantitative estimate of drug-likeness (QED) is 0.922. The minimum atomic E-state index is -4.70. The van der Waals surface area contributed by atoms with E-state index >= 15 is 0 Å². The zero-order valence-electron chi connectivity index (χ0n) is 13.1. The predicted molar refractivity (Wildman–Crippen MR) is 82.4 cm³/mol. The molecule has 0 bridgehead atoms. The first-order chi connectivity index (χ1) is 10.7. The summed E-state index contributed by atoms with van der Waals surface area (Å²) in [6.07, 6.45) is -3.00. The van der Waals surface area contributed by atoms with Crippen LogP contribution >= 0.6 is 0 Å². The first kappa shape index (κ1) is 17.1. The molecule has 0 unspecified atom stereocenters. The van der Waals surface area contributed by atoms with Crippen LogP contribution in [0.25, 0.3) is 0 Å². The molecule has 5 nitrogen and oxygen atoms in total. The molecule has 0 radical (unpaired) electrons. The molecular weight excluding hydrogens is 309 g/mol. The van der Waals surface area contributed by atoms with E-state index in [-0.39, 0.29) is 11.8 Å². The van der Waals surface area contributed by atoms with Gasteiger partial charge in [0.2, 0.25) is 5.96 Å². The van der Waals surface area contributed by atoms with Crippen molar-refractivity contribution in [2.24, 2.45) is 9.98 Å². The van der Waals surface area contributed by atoms with Crippen molar-refractivity contribution in [3.8, 4) is 5.75 Å². The van der Waals surface area contributed by atoms with Crippen LogP contribution < -0.4 is 10.1 Å². The lowest BCUT2D eigenvalue weighted by Crippen LogP contribution is -2.36. The van der Waals surface area contributed by atoms with E-state index in [1.54, 1.807) is 12.4 Å². The summed E-state index contributed by atoms with van der Waals surface area (Å²) >= 11 is 0. The normalized spacial score (nSPS) is 16.3. The highest BCUT2D eigenvalue weighted by atomic mass is 19.4. The van der Waals surface area contributed by atoms with Gasteiger partial charge < -0.3 is 15.0 Å². The third-order valence-electron chi connectivity index (χ3n) is 3.31. The van der Waals surface area contributed by atoms with E-state index in [4.69, 9.17) is 0 Å². The number of ether oxygens (including phenoxy) is 1. The maximum Gasteiger partial charge on any atom is 0.573 e. The monoisotopic (exact) mass is 328 g/mol. The topological polar surface area (TPSA) is 49.2 Å². The number of hydrogen-bond donors (Lipinski definition) is 1. The fraction of sp³-hybridized carbons (Fsp3) is 0.467. The van der Waals surface area contributed by atoms with Crippen molar-refractivity contribution in [3.05, 3.63) is 29.8 Å². The average molecular weight is 328 g/mol. The van der Waals surface area contributed by atoms with Crippen LogP contribution in [-0.4, -0.2) is 36.3 Å². The summed E-state index contributed by atoms with van der Waals surface area (Å²) in [6.45, 7) is 6.39. The fourth-order valence-electron chi connectivity index (χ4n) is 1.99. The molecule has 0 saturated heterocycles. The molecule has 0 spiro atoms. The predicted octanol–water partition coefficient (Wildman–Crippen LogP) is 3.30. The van der Waals surface area contributed by atoms with Crippen molar-refractivity contribution in [1.82, 2.24) is 10.2 Å². The third-order valence-corrected chi connectivity index (χ3v) is 3.31. The van der Waals surface area contributed by atoms with E-state index in [1.807, 2.05) is 25.7 Å². The number of guanidine groups is 1. The van der Waals surface area contributed by atoms with Gasteiger partial charge in [0.25, 0.3) is 0 Å². The molecule has 1 aromatic carbocycles. The van der Waals surface area contributed by atoms with E-state index < -0.39 is 6.36 Å². The van der Waals surface area contributed by atoms with Crippen LogP contribution in [0.4, 0.5) is 13.2 Å². The SMILES string of the molecule is CC(C)N1C=NC(N[C@@H](C)c2cccc(OC(F)(F)F)c2)=NC1. The van der Waals surface area contributed by atoms with Crippen LogP contribution in [0.2, 0.25) is 0 Å². The second-order valence-corrected chi connectivity index (χ2v) is 5.46. The standard InChI is InChI=1S/C15H19F3N4O/c1-10(2)22-8-19-14(20-9-22)21-11(3)12-5-4-6-13(7-12)23-15(16,17)18/h4-8,10-11H,9H2,1-3H3,(H,20,21)/t11-/m0/s1. The number of hydrogen-bond acceptors (Lipinski definition) is 5. The van der Waals surface area contributed by atoms with Gasteiger partial charge in [-0.3, -0.25) is 0 Å². The van der Waals surface area contributed by atoms with Gasteiger partial charge in [0.05, 0.1) is 12.4 Å². The maximum atomic E-state index is 12.3. The van der Waals surface area contributed by atoms with Crippen molar-refractivity contribution >= 4 is 12.3 Å². The van der Waals surface area contributed by atoms with E-state index in [1.165, 1.54) is 18.2 Å². The van der Waals surface area contributed by atoms with Crippen LogP contribution in [0.1, 0.15) is 32.4 Å². The van der Waals surface area contributed by atoms with Gasteiger partial charge in [-0.1, -0.05) is 12.1 Å². The Morgan fingerprint density at radius 1 is 1.26 bits per heavy atom. The van der Waals surface area contributed by atoms with Crippen molar-refractivity contribution in [2.75, 3.05) is 6.67 Å². The molecule has 0 aromatic heterocycles. The molecule has 0 saturated carbocycles. The average Bonchev–Trinajstić information content (AvgIpc) is 2.46. The first-order valence-electron chi connectivity index (χ1n) is 7.21. The minimum absolute atomic E-state index is 0.247. The Morgan fingerprint density at radius 2 is 2.00 bits per heavy atom. The van der Waals surface area contributed by atoms with Crippen molar-refractivity contribution < 1.29 is 17.9 Å². The van der Waals surface area contributed by atoms with Crippen molar-refractivity contribution in [2.45, 2.75) is 39.2 Å². The van der Waals surface area contributed by atoms with Crippen molar-refractivity contribution in [3.63, 3.8) is 0 Å². The Hall–Kier alpha value is -2.25. The summed E-state index contributed by atoms with van der Waals surface area (Å²) in [5.74, 6) is 0.209. The molecule has 0 aliphatic carbocycles. The molecule has 1 aromatic rings. The molecule has 0 fully saturated rings. The van der Waals surface area contributed by atoms with Crippen LogP contribution in [0.5, 0.6) is 5.75 Å². The van der Waals surface area contributed by atoms with E-state index in [0.29, 0.717) is 24.2 Å². The summed E-state index contributed by atoms with van der Waals surface area (Å²) in [6, 6.07) is 5.89. The second kappa shape index (κ2) is 6.89. The number of aliphatic imine (C=N–C) groups is 2. The number of benzene rings is 1. The van der Waals surface area contributed by atoms with Crippen LogP contribution in [-0.2, 0) is 0 Å². The Balaban J connectivity index is 2.00. The van der Waals surface area contributed by atoms with Crippen molar-refractivity contribution in [1.29, 1.82) is 0 Å². The lowest BCUT2D eigenvalue weighted by Gasteiger charge is -2.25. The Labute approximate surface area is 132 Å². The first-order valence-corrected chi connectivity index (χ1v) is 7.21. The lowest BCUT2D eigenvalue weighted by molar-refractivity contribution is -0.274. The maximum absolute atomic E-state index is 12.3. The number of nitrogens with zero attached hydrogens (tertiary/aromatic N) is 3. The zero-order valence-corrected chi connectivity index (χ0v) is 13.1. The molecule has 23 heavy (non-hydrogen) atoms. The zero-order chi connectivity index (χ0) is 17.0. The molecule has 1 atom stereocenters. The Bertz CT molecular complexity index is 599. The largest absolute Gasteiger partial charge is 0.573 e. The van der Waals surface area contributed by atoms with Gasteiger partial charge in [-0.2, -0.15) is 0 Å². The molecule has 1 heterocycles. The molecule has 1 aliphatic heterocycles. The molecule has 1 aliphatic rings. The second-order valence-electron chi connectivity index (χ2n) is 5.46. The van der Waals surface area contributed by atoms with Gasteiger partial charge in [-0.05, 0) is 38.5 Å². The molecular formula is C15H19F3N4O. The van der Waals surface area contributed by atoms with Crippen LogP contribution in [0.3, 0.4) is 0 Å². The third kappa shape index (κ3) is 5.15.